The molecule has 0 fully saturated rings. The first-order valence-corrected chi connectivity index (χ1v) is 18.3. The van der Waals surface area contributed by atoms with Gasteiger partial charge in [-0.15, -0.1) is 0 Å². The molecule has 0 aromatic heterocycles. The molecular weight excluding hydrogens is 658 g/mol. The molecule has 0 aliphatic rings. The molecule has 3 aromatic carbocycles. The van der Waals surface area contributed by atoms with Crippen molar-refractivity contribution in [2.45, 2.75) is 91.1 Å². The molecule has 0 atom stereocenters. The zero-order valence-corrected chi connectivity index (χ0v) is 27.8. The van der Waals surface area contributed by atoms with Gasteiger partial charge in [-0.25, -0.2) is 13.2 Å². The monoisotopic (exact) mass is 698 g/mol. The minimum absolute atomic E-state index is 0.0229. The van der Waals surface area contributed by atoms with Crippen LogP contribution in [-0.4, -0.2) is 36.1 Å². The van der Waals surface area contributed by atoms with Crippen LogP contribution in [0.2, 0.25) is 0 Å². The van der Waals surface area contributed by atoms with Crippen LogP contribution < -0.4 is 0 Å². The Balaban J connectivity index is 0.000000302. The number of carbonyl (C=O) groups is 1. The fourth-order valence-corrected chi connectivity index (χ4v) is 6.90. The van der Waals surface area contributed by atoms with E-state index in [1.807, 2.05) is 0 Å². The van der Waals surface area contributed by atoms with Crippen molar-refractivity contribution in [3.05, 3.63) is 90.5 Å². The Morgan fingerprint density at radius 2 is 1.12 bits per heavy atom. The Morgan fingerprint density at radius 1 is 0.721 bits per heavy atom. The topological polar surface area (TPSA) is 83.5 Å². The van der Waals surface area contributed by atoms with Gasteiger partial charge in [0.25, 0.3) is 0 Å². The van der Waals surface area contributed by atoms with E-state index < -0.39 is 21.3 Å². The molecule has 0 spiro atoms. The van der Waals surface area contributed by atoms with Crippen LogP contribution in [0.3, 0.4) is 0 Å². The lowest BCUT2D eigenvalue weighted by molar-refractivity contribution is -0.161. The van der Waals surface area contributed by atoms with Crippen LogP contribution >= 0.6 is 15.9 Å². The second-order valence-corrected chi connectivity index (χ2v) is 14.3. The van der Waals surface area contributed by atoms with E-state index in [0.29, 0.717) is 12.8 Å². The molecule has 0 bridgehead atoms. The summed E-state index contributed by atoms with van der Waals surface area (Å²) in [5.41, 5.74) is 1.30. The van der Waals surface area contributed by atoms with Gasteiger partial charge >= 0.3 is 11.2 Å². The number of halogens is 3. The van der Waals surface area contributed by atoms with E-state index in [1.54, 1.807) is 0 Å². The average Bonchev–Trinajstić information content (AvgIpc) is 2.99. The summed E-state index contributed by atoms with van der Waals surface area (Å²) in [6, 6.07) is 30.4. The summed E-state index contributed by atoms with van der Waals surface area (Å²) in [5.74, 6) is -2.30. The van der Waals surface area contributed by atoms with Gasteiger partial charge in [0.05, 0.1) is 17.5 Å². The summed E-state index contributed by atoms with van der Waals surface area (Å²) in [6.07, 6.45) is 10.2. The van der Waals surface area contributed by atoms with E-state index in [4.69, 9.17) is 0 Å². The van der Waals surface area contributed by atoms with Crippen LogP contribution in [0.25, 0.3) is 0 Å². The first-order valence-electron chi connectivity index (χ1n) is 14.6. The number of ether oxygens (including phenoxy) is 1. The van der Waals surface area contributed by atoms with Crippen molar-refractivity contribution in [1.29, 1.82) is 0 Å². The van der Waals surface area contributed by atoms with E-state index in [9.17, 15) is 26.5 Å². The lowest BCUT2D eigenvalue weighted by Gasteiger charge is -2.17. The molecule has 0 saturated heterocycles. The van der Waals surface area contributed by atoms with Crippen molar-refractivity contribution in [2.75, 3.05) is 11.9 Å². The fourth-order valence-electron chi connectivity index (χ4n) is 4.16. The smallest absolute Gasteiger partial charge is 0.428 e. The molecule has 3 aromatic rings. The second kappa shape index (κ2) is 19.9. The highest BCUT2D eigenvalue weighted by Crippen LogP contribution is 2.31. The third-order valence-corrected chi connectivity index (χ3v) is 10.1. The Bertz CT molecular complexity index is 1250. The highest BCUT2D eigenvalue weighted by molar-refractivity contribution is 9.09. The summed E-state index contributed by atoms with van der Waals surface area (Å²) >= 11 is 3.38. The fraction of sp³-hybridized carbons (Fsp3) is 0.424. The largest absolute Gasteiger partial charge is 0.743 e. The maximum Gasteiger partial charge on any atom is 0.428 e. The Morgan fingerprint density at radius 3 is 1.53 bits per heavy atom. The number of hydrogen-bond acceptors (Lipinski definition) is 5. The zero-order valence-electron chi connectivity index (χ0n) is 24.6. The third kappa shape index (κ3) is 13.5. The lowest BCUT2D eigenvalue weighted by atomic mass is 10.1. The van der Waals surface area contributed by atoms with Crippen LogP contribution in [0, 0.1) is 6.92 Å². The molecular formula is C33H41BrF2O5S2. The number of carbonyl (C=O) groups excluding carboxylic acids is 1. The van der Waals surface area contributed by atoms with Crippen LogP contribution in [0.5, 0.6) is 0 Å². The number of aryl methyl sites for hydroxylation is 1. The maximum atomic E-state index is 12.8. The summed E-state index contributed by atoms with van der Waals surface area (Å²) in [5, 5.41) is -3.97. The molecule has 236 valence electrons. The Kier molecular flexibility index (Phi) is 17.1. The average molecular weight is 700 g/mol. The minimum atomic E-state index is -6.03. The van der Waals surface area contributed by atoms with Crippen molar-refractivity contribution >= 4 is 42.9 Å². The molecule has 0 saturated carbocycles. The molecule has 5 nitrogen and oxygen atoms in total. The predicted octanol–water partition coefficient (Wildman–Crippen LogP) is 9.05. The summed E-state index contributed by atoms with van der Waals surface area (Å²) in [6.45, 7) is 1.82. The second-order valence-electron chi connectivity index (χ2n) is 10.1. The van der Waals surface area contributed by atoms with Crippen molar-refractivity contribution in [1.82, 2.24) is 0 Å². The minimum Gasteiger partial charge on any atom is -0.743 e. The normalized spacial score (nSPS) is 11.6. The number of rotatable bonds is 17. The van der Waals surface area contributed by atoms with Crippen LogP contribution in [0.1, 0.15) is 69.8 Å². The molecule has 43 heavy (non-hydrogen) atoms. The third-order valence-electron chi connectivity index (χ3n) is 6.53. The van der Waals surface area contributed by atoms with Gasteiger partial charge in [0.15, 0.2) is 24.8 Å². The number of unbranched alkanes of at least 4 members (excludes halogenated alkanes) is 9. The quantitative estimate of drug-likeness (QED) is 0.0462. The molecule has 0 radical (unpaired) electrons. The van der Waals surface area contributed by atoms with Gasteiger partial charge in [-0.2, -0.15) is 8.78 Å². The Hall–Kier alpha value is -2.27. The molecule has 0 aliphatic heterocycles. The molecule has 0 unspecified atom stereocenters. The van der Waals surface area contributed by atoms with Crippen molar-refractivity contribution < 1.29 is 31.3 Å². The summed E-state index contributed by atoms with van der Waals surface area (Å²) in [4.78, 5) is 14.9. The van der Waals surface area contributed by atoms with E-state index in [2.05, 4.69) is 113 Å². The lowest BCUT2D eigenvalue weighted by Crippen LogP contribution is -2.39. The van der Waals surface area contributed by atoms with E-state index in [1.165, 1.54) is 52.4 Å². The number of esters is 1. The molecule has 10 heteroatoms. The van der Waals surface area contributed by atoms with Gasteiger partial charge in [0.2, 0.25) is 0 Å². The van der Waals surface area contributed by atoms with Gasteiger partial charge in [-0.05, 0) is 56.2 Å². The maximum absolute atomic E-state index is 12.8. The highest BCUT2D eigenvalue weighted by Gasteiger charge is 2.48. The molecule has 0 N–H and O–H groups in total. The van der Waals surface area contributed by atoms with Crippen LogP contribution in [-0.2, 0) is 30.5 Å². The van der Waals surface area contributed by atoms with Gasteiger partial charge in [0, 0.05) is 5.33 Å². The van der Waals surface area contributed by atoms with E-state index in [-0.39, 0.29) is 17.5 Å². The zero-order chi connectivity index (χ0) is 31.6. The van der Waals surface area contributed by atoms with Crippen molar-refractivity contribution in [2.24, 2.45) is 0 Å². The summed E-state index contributed by atoms with van der Waals surface area (Å²) < 4.78 is 60.3. The molecule has 0 heterocycles. The van der Waals surface area contributed by atoms with Gasteiger partial charge in [-0.1, -0.05) is 121 Å². The van der Waals surface area contributed by atoms with Crippen molar-refractivity contribution in [3.8, 4) is 0 Å². The van der Waals surface area contributed by atoms with Gasteiger partial charge in [0.1, 0.15) is 0 Å². The van der Waals surface area contributed by atoms with Crippen LogP contribution in [0.4, 0.5) is 8.78 Å². The van der Waals surface area contributed by atoms with Crippen molar-refractivity contribution in [3.63, 3.8) is 0 Å². The number of hydrogen-bond donors (Lipinski definition) is 0. The van der Waals surface area contributed by atoms with Gasteiger partial charge < -0.3 is 9.29 Å². The standard InChI is InChI=1S/C19H17S.C14H25BrF2O5S/c1-16-12-14-19(15-13-16)20(17-8-4-2-5-9-17)18-10-6-3-7-11-18;15-11-9-7-5-3-1-2-4-6-8-10-12-22-13(18)14(16,17)23(19,20)21/h2-15H,1H3;1-12H2,(H,19,20,21)/q+1;/p-1. The number of alkyl halides is 3. The summed E-state index contributed by atoms with van der Waals surface area (Å²) in [7, 11) is -6.05. The Labute approximate surface area is 266 Å². The van der Waals surface area contributed by atoms with E-state index in [0.717, 1.165) is 24.6 Å². The number of benzene rings is 3. The van der Waals surface area contributed by atoms with Crippen LogP contribution in [0.15, 0.2) is 99.6 Å². The van der Waals surface area contributed by atoms with E-state index >= 15 is 0 Å². The highest BCUT2D eigenvalue weighted by atomic mass is 79.9. The SMILES string of the molecule is Cc1ccc([S+](c2ccccc2)c2ccccc2)cc1.O=C(OCCCCCCCCCCCCBr)C(F)(F)S(=O)(=O)[O-]. The first-order chi connectivity index (χ1) is 20.6. The van der Waals surface area contributed by atoms with Gasteiger partial charge in [-0.3, -0.25) is 0 Å². The predicted molar refractivity (Wildman–Crippen MR) is 172 cm³/mol. The molecule has 3 rings (SSSR count). The first kappa shape index (κ1) is 36.9. The molecule has 0 amide bonds. The molecule has 0 aliphatic carbocycles.